The van der Waals surface area contributed by atoms with E-state index in [1.54, 1.807) is 12.3 Å². The van der Waals surface area contributed by atoms with Gasteiger partial charge in [0.2, 0.25) is 5.91 Å². The van der Waals surface area contributed by atoms with Crippen molar-refractivity contribution in [2.45, 2.75) is 45.4 Å². The molecule has 5 heteroatoms. The maximum atomic E-state index is 13.5. The van der Waals surface area contributed by atoms with Gasteiger partial charge in [0.05, 0.1) is 0 Å². The third-order valence-electron chi connectivity index (χ3n) is 5.25. The highest BCUT2D eigenvalue weighted by Crippen LogP contribution is 2.28. The van der Waals surface area contributed by atoms with Gasteiger partial charge in [-0.3, -0.25) is 4.79 Å². The summed E-state index contributed by atoms with van der Waals surface area (Å²) in [5.41, 5.74) is 1.61. The highest BCUT2D eigenvalue weighted by Gasteiger charge is 2.28. The summed E-state index contributed by atoms with van der Waals surface area (Å²) in [6.45, 7) is 5.68. The van der Waals surface area contributed by atoms with E-state index in [4.69, 9.17) is 0 Å². The van der Waals surface area contributed by atoms with Crippen LogP contribution < -0.4 is 0 Å². The number of piperidine rings is 1. The summed E-state index contributed by atoms with van der Waals surface area (Å²) in [5, 5.41) is 0. The zero-order chi connectivity index (χ0) is 18.5. The SMILES string of the molecule is CCC(CC)C(=O)N1CCC[C@@H](c2ccnc(-c3cccc(F)c3)n2)C1. The van der Waals surface area contributed by atoms with E-state index in [0.717, 1.165) is 37.9 Å². The van der Waals surface area contributed by atoms with E-state index < -0.39 is 0 Å². The van der Waals surface area contributed by atoms with Crippen LogP contribution in [0.2, 0.25) is 0 Å². The van der Waals surface area contributed by atoms with Crippen LogP contribution in [0, 0.1) is 11.7 Å². The third kappa shape index (κ3) is 4.09. The number of carbonyl (C=O) groups excluding carboxylic acids is 1. The second-order valence-electron chi connectivity index (χ2n) is 6.95. The number of hydrogen-bond donors (Lipinski definition) is 0. The number of likely N-dealkylation sites (tertiary alicyclic amines) is 1. The monoisotopic (exact) mass is 355 g/mol. The summed E-state index contributed by atoms with van der Waals surface area (Å²) >= 11 is 0. The summed E-state index contributed by atoms with van der Waals surface area (Å²) in [6, 6.07) is 8.25. The van der Waals surface area contributed by atoms with Crippen LogP contribution >= 0.6 is 0 Å². The number of benzene rings is 1. The van der Waals surface area contributed by atoms with Crippen molar-refractivity contribution in [2.75, 3.05) is 13.1 Å². The molecule has 0 aliphatic carbocycles. The molecule has 138 valence electrons. The fourth-order valence-electron chi connectivity index (χ4n) is 3.68. The quantitative estimate of drug-likeness (QED) is 0.797. The van der Waals surface area contributed by atoms with Crippen molar-refractivity contribution < 1.29 is 9.18 Å². The lowest BCUT2D eigenvalue weighted by atomic mass is 9.92. The standard InChI is InChI=1S/C21H26FN3O/c1-3-15(4-2)21(26)25-12-6-8-17(14-25)19-10-11-23-20(24-19)16-7-5-9-18(22)13-16/h5,7,9-11,13,15,17H,3-4,6,8,12,14H2,1-2H3/t17-/m1/s1. The van der Waals surface area contributed by atoms with E-state index in [-0.39, 0.29) is 23.6 Å². The molecule has 0 unspecified atom stereocenters. The first-order valence-electron chi connectivity index (χ1n) is 9.50. The minimum absolute atomic E-state index is 0.113. The Bertz CT molecular complexity index is 760. The molecule has 1 aromatic carbocycles. The molecule has 2 aromatic rings. The van der Waals surface area contributed by atoms with E-state index in [0.29, 0.717) is 17.9 Å². The fourth-order valence-corrected chi connectivity index (χ4v) is 3.68. The summed E-state index contributed by atoms with van der Waals surface area (Å²) in [4.78, 5) is 23.7. The van der Waals surface area contributed by atoms with Gasteiger partial charge in [0.15, 0.2) is 5.82 Å². The van der Waals surface area contributed by atoms with Gasteiger partial charge in [0.1, 0.15) is 5.82 Å². The largest absolute Gasteiger partial charge is 0.342 e. The van der Waals surface area contributed by atoms with Gasteiger partial charge in [-0.25, -0.2) is 14.4 Å². The summed E-state index contributed by atoms with van der Waals surface area (Å²) in [7, 11) is 0. The first kappa shape index (κ1) is 18.5. The van der Waals surface area contributed by atoms with E-state index in [2.05, 4.69) is 23.8 Å². The molecular formula is C21H26FN3O. The third-order valence-corrected chi connectivity index (χ3v) is 5.25. The number of rotatable bonds is 5. The lowest BCUT2D eigenvalue weighted by molar-refractivity contribution is -0.137. The van der Waals surface area contributed by atoms with Crippen LogP contribution in [0.15, 0.2) is 36.5 Å². The van der Waals surface area contributed by atoms with Gasteiger partial charge < -0.3 is 4.90 Å². The molecular weight excluding hydrogens is 329 g/mol. The molecule has 1 aliphatic rings. The van der Waals surface area contributed by atoms with E-state index in [1.807, 2.05) is 17.0 Å². The molecule has 0 N–H and O–H groups in total. The molecule has 1 fully saturated rings. The van der Waals surface area contributed by atoms with Crippen LogP contribution in [-0.2, 0) is 4.79 Å². The molecule has 0 bridgehead atoms. The zero-order valence-corrected chi connectivity index (χ0v) is 15.5. The number of hydrogen-bond acceptors (Lipinski definition) is 3. The van der Waals surface area contributed by atoms with Crippen molar-refractivity contribution in [3.05, 3.63) is 48.0 Å². The van der Waals surface area contributed by atoms with Gasteiger partial charge in [-0.15, -0.1) is 0 Å². The predicted octanol–water partition coefficient (Wildman–Crippen LogP) is 4.42. The van der Waals surface area contributed by atoms with Crippen LogP contribution in [0.25, 0.3) is 11.4 Å². The van der Waals surface area contributed by atoms with Crippen molar-refractivity contribution in [2.24, 2.45) is 5.92 Å². The minimum atomic E-state index is -0.295. The van der Waals surface area contributed by atoms with Crippen LogP contribution in [0.5, 0.6) is 0 Å². The van der Waals surface area contributed by atoms with Gasteiger partial charge in [-0.05, 0) is 43.9 Å². The maximum Gasteiger partial charge on any atom is 0.225 e. The smallest absolute Gasteiger partial charge is 0.225 e. The maximum absolute atomic E-state index is 13.5. The van der Waals surface area contributed by atoms with Crippen LogP contribution in [0.1, 0.15) is 51.1 Å². The Kier molecular flexibility index (Phi) is 5.96. The summed E-state index contributed by atoms with van der Waals surface area (Å²) < 4.78 is 13.5. The lowest BCUT2D eigenvalue weighted by Crippen LogP contribution is -2.42. The summed E-state index contributed by atoms with van der Waals surface area (Å²) in [5.74, 6) is 0.819. The first-order valence-corrected chi connectivity index (χ1v) is 9.50. The van der Waals surface area contributed by atoms with Crippen LogP contribution in [0.3, 0.4) is 0 Å². The average molecular weight is 355 g/mol. The number of carbonyl (C=O) groups is 1. The number of nitrogens with zero attached hydrogens (tertiary/aromatic N) is 3. The van der Waals surface area contributed by atoms with Gasteiger partial charge in [-0.1, -0.05) is 26.0 Å². The number of aromatic nitrogens is 2. The normalized spacial score (nSPS) is 17.5. The van der Waals surface area contributed by atoms with Crippen LogP contribution in [0.4, 0.5) is 4.39 Å². The summed E-state index contributed by atoms with van der Waals surface area (Å²) in [6.07, 6.45) is 5.48. The minimum Gasteiger partial charge on any atom is -0.342 e. The molecule has 3 rings (SSSR count). The highest BCUT2D eigenvalue weighted by molar-refractivity contribution is 5.79. The molecule has 1 atom stereocenters. The van der Waals surface area contributed by atoms with E-state index in [9.17, 15) is 9.18 Å². The van der Waals surface area contributed by atoms with Crippen molar-refractivity contribution >= 4 is 5.91 Å². The Morgan fingerprint density at radius 3 is 2.85 bits per heavy atom. The van der Waals surface area contributed by atoms with Crippen molar-refractivity contribution in [1.82, 2.24) is 14.9 Å². The van der Waals surface area contributed by atoms with Crippen LogP contribution in [-0.4, -0.2) is 33.9 Å². The topological polar surface area (TPSA) is 46.1 Å². The van der Waals surface area contributed by atoms with Crippen molar-refractivity contribution in [1.29, 1.82) is 0 Å². The molecule has 2 heterocycles. The van der Waals surface area contributed by atoms with Gasteiger partial charge in [0, 0.05) is 42.4 Å². The Balaban J connectivity index is 1.78. The molecule has 1 amide bonds. The zero-order valence-electron chi connectivity index (χ0n) is 15.5. The van der Waals surface area contributed by atoms with Gasteiger partial charge in [-0.2, -0.15) is 0 Å². The predicted molar refractivity (Wildman–Crippen MR) is 100 cm³/mol. The first-order chi connectivity index (χ1) is 12.6. The Hall–Kier alpha value is -2.30. The van der Waals surface area contributed by atoms with Crippen molar-refractivity contribution in [3.8, 4) is 11.4 Å². The number of halogens is 1. The van der Waals surface area contributed by atoms with E-state index >= 15 is 0 Å². The Morgan fingerprint density at radius 1 is 1.31 bits per heavy atom. The molecule has 26 heavy (non-hydrogen) atoms. The molecule has 1 aliphatic heterocycles. The molecule has 0 saturated carbocycles. The second-order valence-corrected chi connectivity index (χ2v) is 6.95. The van der Waals surface area contributed by atoms with Gasteiger partial charge in [0.25, 0.3) is 0 Å². The van der Waals surface area contributed by atoms with Crippen molar-refractivity contribution in [3.63, 3.8) is 0 Å². The molecule has 0 radical (unpaired) electrons. The molecule has 1 aromatic heterocycles. The highest BCUT2D eigenvalue weighted by atomic mass is 19.1. The Labute approximate surface area is 154 Å². The fraction of sp³-hybridized carbons (Fsp3) is 0.476. The molecule has 4 nitrogen and oxygen atoms in total. The second kappa shape index (κ2) is 8.39. The lowest BCUT2D eigenvalue weighted by Gasteiger charge is -2.34. The molecule has 1 saturated heterocycles. The average Bonchev–Trinajstić information content (AvgIpc) is 2.69. The van der Waals surface area contributed by atoms with Gasteiger partial charge >= 0.3 is 0 Å². The Morgan fingerprint density at radius 2 is 2.12 bits per heavy atom. The van der Waals surface area contributed by atoms with E-state index in [1.165, 1.54) is 12.1 Å². The molecule has 0 spiro atoms. The number of amides is 1.